The lowest BCUT2D eigenvalue weighted by atomic mass is 9.74. The molecule has 0 atom stereocenters. The largest absolute Gasteiger partial charge is 0.422 e. The molecule has 0 N–H and O–H groups in total. The van der Waals surface area contributed by atoms with Gasteiger partial charge in [0.15, 0.2) is 0 Å². The van der Waals surface area contributed by atoms with E-state index in [4.69, 9.17) is 0 Å². The summed E-state index contributed by atoms with van der Waals surface area (Å²) in [6.45, 7) is 2.08. The molecule has 0 unspecified atom stereocenters. The first-order chi connectivity index (χ1) is 13.8. The summed E-state index contributed by atoms with van der Waals surface area (Å²) in [6.07, 6.45) is 10.7. The molecule has 1 aromatic rings. The quantitative estimate of drug-likeness (QED) is 0.335. The number of alkyl halides is 3. The lowest BCUT2D eigenvalue weighted by molar-refractivity contribution is -0.142. The predicted molar refractivity (Wildman–Crippen MR) is 106 cm³/mol. The molecule has 1 aromatic carbocycles. The highest BCUT2D eigenvalue weighted by Gasteiger charge is 2.38. The predicted octanol–water partition coefficient (Wildman–Crippen LogP) is 8.42. The second-order valence-corrected chi connectivity index (χ2v) is 8.96. The van der Waals surface area contributed by atoms with Crippen LogP contribution in [0.2, 0.25) is 0 Å². The fourth-order valence-electron chi connectivity index (χ4n) is 5.30. The second kappa shape index (κ2) is 9.61. The highest BCUT2D eigenvalue weighted by atomic mass is 19.4. The fraction of sp³-hybridized carbons (Fsp3) is 0.667. The maximum Gasteiger partial charge on any atom is 0.422 e. The minimum Gasteiger partial charge on any atom is -0.206 e. The topological polar surface area (TPSA) is 0 Å². The van der Waals surface area contributed by atoms with Crippen LogP contribution in [-0.2, 0) is 6.18 Å². The van der Waals surface area contributed by atoms with Gasteiger partial charge in [-0.15, -0.1) is 0 Å². The van der Waals surface area contributed by atoms with Crippen LogP contribution < -0.4 is 0 Å². The number of hydrogen-bond acceptors (Lipinski definition) is 0. The highest BCUT2D eigenvalue weighted by Crippen LogP contribution is 2.42. The van der Waals surface area contributed by atoms with Gasteiger partial charge in [-0.3, -0.25) is 0 Å². The van der Waals surface area contributed by atoms with Crippen molar-refractivity contribution in [1.82, 2.24) is 0 Å². The molecule has 2 saturated carbocycles. The van der Waals surface area contributed by atoms with E-state index in [2.05, 4.69) is 19.1 Å². The molecule has 3 rings (SSSR count). The molecule has 2 aliphatic carbocycles. The Balaban J connectivity index is 1.47. The summed E-state index contributed by atoms with van der Waals surface area (Å²) >= 11 is 0. The normalized spacial score (nSPS) is 28.8. The molecule has 2 fully saturated rings. The molecule has 0 aliphatic heterocycles. The Labute approximate surface area is 170 Å². The van der Waals surface area contributed by atoms with Crippen molar-refractivity contribution < 1.29 is 22.0 Å². The molecule has 2 aliphatic rings. The summed E-state index contributed by atoms with van der Waals surface area (Å²) in [5.41, 5.74) is -1.41. The van der Waals surface area contributed by atoms with E-state index in [-0.39, 0.29) is 5.92 Å². The van der Waals surface area contributed by atoms with Crippen molar-refractivity contribution in [1.29, 1.82) is 0 Å². The summed E-state index contributed by atoms with van der Waals surface area (Å²) in [5, 5.41) is 0. The van der Waals surface area contributed by atoms with Crippen LogP contribution in [0.4, 0.5) is 22.0 Å². The third kappa shape index (κ3) is 5.82. The van der Waals surface area contributed by atoms with E-state index >= 15 is 0 Å². The first-order valence-corrected chi connectivity index (χ1v) is 11.0. The van der Waals surface area contributed by atoms with Gasteiger partial charge in [0.1, 0.15) is 17.2 Å². The molecular formula is C24H31F5. The van der Waals surface area contributed by atoms with Gasteiger partial charge in [-0.05, 0) is 99.7 Å². The number of hydrogen-bond donors (Lipinski definition) is 0. The number of allylic oxidation sites excluding steroid dienone is 2. The average molecular weight is 415 g/mol. The van der Waals surface area contributed by atoms with Crippen LogP contribution in [-0.4, -0.2) is 0 Å². The summed E-state index contributed by atoms with van der Waals surface area (Å²) < 4.78 is 66.0. The van der Waals surface area contributed by atoms with Crippen molar-refractivity contribution >= 4 is 0 Å². The molecule has 0 saturated heterocycles. The average Bonchev–Trinajstić information content (AvgIpc) is 2.66. The first-order valence-electron chi connectivity index (χ1n) is 11.0. The Morgan fingerprint density at radius 3 is 1.76 bits per heavy atom. The van der Waals surface area contributed by atoms with E-state index in [1.807, 2.05) is 0 Å². The van der Waals surface area contributed by atoms with E-state index < -0.39 is 23.4 Å². The third-order valence-corrected chi connectivity index (χ3v) is 7.01. The lowest BCUT2D eigenvalue weighted by Crippen LogP contribution is -2.18. The zero-order valence-corrected chi connectivity index (χ0v) is 17.1. The van der Waals surface area contributed by atoms with Gasteiger partial charge in [-0.25, -0.2) is 8.78 Å². The maximum atomic E-state index is 13.9. The molecule has 5 heteroatoms. The summed E-state index contributed by atoms with van der Waals surface area (Å²) in [5.74, 6) is -0.854. The van der Waals surface area contributed by atoms with Crippen LogP contribution in [0, 0.1) is 29.4 Å². The standard InChI is InChI=1S/C24H31F5/c1-2-3-16-4-6-17(7-5-16)8-9-18-10-12-19(13-11-18)20-14-21(25)23(22(26)15-20)24(27,28)29/h2-3,14-19H,4-13H2,1H3/b3-2+/t16-,17-,18-,19-. The number of halogens is 5. The van der Waals surface area contributed by atoms with Gasteiger partial charge in [0.05, 0.1) is 0 Å². The van der Waals surface area contributed by atoms with Gasteiger partial charge in [-0.2, -0.15) is 13.2 Å². The van der Waals surface area contributed by atoms with Crippen LogP contribution in [0.15, 0.2) is 24.3 Å². The maximum absolute atomic E-state index is 13.9. The fourth-order valence-corrected chi connectivity index (χ4v) is 5.30. The number of rotatable bonds is 5. The Bertz CT molecular complexity index is 667. The van der Waals surface area contributed by atoms with E-state index in [0.717, 1.165) is 49.7 Å². The van der Waals surface area contributed by atoms with Crippen LogP contribution in [0.3, 0.4) is 0 Å². The van der Waals surface area contributed by atoms with Crippen LogP contribution >= 0.6 is 0 Å². The Kier molecular flexibility index (Phi) is 7.39. The van der Waals surface area contributed by atoms with Crippen molar-refractivity contribution in [2.75, 3.05) is 0 Å². The monoisotopic (exact) mass is 414 g/mol. The molecule has 0 heterocycles. The minimum absolute atomic E-state index is 0.0474. The van der Waals surface area contributed by atoms with Crippen molar-refractivity contribution in [2.45, 2.75) is 83.2 Å². The molecule has 29 heavy (non-hydrogen) atoms. The first kappa shape index (κ1) is 22.3. The van der Waals surface area contributed by atoms with Gasteiger partial charge in [0.2, 0.25) is 0 Å². The van der Waals surface area contributed by atoms with E-state index in [9.17, 15) is 22.0 Å². The van der Waals surface area contributed by atoms with Gasteiger partial charge in [-0.1, -0.05) is 25.0 Å². The van der Waals surface area contributed by atoms with Crippen LogP contribution in [0.25, 0.3) is 0 Å². The summed E-state index contributed by atoms with van der Waals surface area (Å²) in [6, 6.07) is 1.78. The van der Waals surface area contributed by atoms with E-state index in [0.29, 0.717) is 11.5 Å². The minimum atomic E-state index is -5.00. The molecule has 0 amide bonds. The van der Waals surface area contributed by atoms with Crippen molar-refractivity contribution in [3.05, 3.63) is 47.0 Å². The molecular weight excluding hydrogens is 383 g/mol. The third-order valence-electron chi connectivity index (χ3n) is 7.01. The molecule has 0 nitrogen and oxygen atoms in total. The van der Waals surface area contributed by atoms with Gasteiger partial charge < -0.3 is 0 Å². The highest BCUT2D eigenvalue weighted by molar-refractivity contribution is 5.30. The Hall–Kier alpha value is -1.39. The summed E-state index contributed by atoms with van der Waals surface area (Å²) in [4.78, 5) is 0. The number of benzene rings is 1. The zero-order chi connectivity index (χ0) is 21.0. The van der Waals surface area contributed by atoms with Crippen molar-refractivity contribution in [3.8, 4) is 0 Å². The van der Waals surface area contributed by atoms with Crippen molar-refractivity contribution in [3.63, 3.8) is 0 Å². The zero-order valence-electron chi connectivity index (χ0n) is 17.1. The van der Waals surface area contributed by atoms with Crippen LogP contribution in [0.5, 0.6) is 0 Å². The van der Waals surface area contributed by atoms with Gasteiger partial charge in [0.25, 0.3) is 0 Å². The summed E-state index contributed by atoms with van der Waals surface area (Å²) in [7, 11) is 0. The Morgan fingerprint density at radius 1 is 0.828 bits per heavy atom. The molecule has 0 bridgehead atoms. The smallest absolute Gasteiger partial charge is 0.206 e. The van der Waals surface area contributed by atoms with Crippen LogP contribution in [0.1, 0.15) is 88.2 Å². The molecule has 0 spiro atoms. The van der Waals surface area contributed by atoms with E-state index in [1.165, 1.54) is 38.5 Å². The van der Waals surface area contributed by atoms with Gasteiger partial charge >= 0.3 is 6.18 Å². The lowest BCUT2D eigenvalue weighted by Gasteiger charge is -2.31. The van der Waals surface area contributed by atoms with Crippen molar-refractivity contribution in [2.24, 2.45) is 17.8 Å². The van der Waals surface area contributed by atoms with Gasteiger partial charge in [0, 0.05) is 0 Å². The molecule has 0 radical (unpaired) electrons. The SMILES string of the molecule is C/C=C/[C@H]1CC[C@H](CC[C@H]2CC[C@H](c3cc(F)c(C(F)(F)F)c(F)c3)CC2)CC1. The molecule has 0 aromatic heterocycles. The van der Waals surface area contributed by atoms with E-state index in [1.54, 1.807) is 0 Å². The molecule has 162 valence electrons. The second-order valence-electron chi connectivity index (χ2n) is 8.96. The Morgan fingerprint density at radius 2 is 1.31 bits per heavy atom.